The fourth-order valence-electron chi connectivity index (χ4n) is 2.53. The molecule has 0 bridgehead atoms. The van der Waals surface area contributed by atoms with E-state index < -0.39 is 0 Å². The molecule has 0 spiro atoms. The smallest absolute Gasteiger partial charge is 0.245 e. The van der Waals surface area contributed by atoms with Crippen molar-refractivity contribution in [2.45, 2.75) is 44.2 Å². The Morgan fingerprint density at radius 3 is 2.88 bits per heavy atom. The minimum atomic E-state index is 0.550. The van der Waals surface area contributed by atoms with E-state index in [2.05, 4.69) is 25.7 Å². The van der Waals surface area contributed by atoms with Crippen molar-refractivity contribution in [2.75, 3.05) is 18.0 Å². The first-order valence-corrected chi connectivity index (χ1v) is 6.57. The summed E-state index contributed by atoms with van der Waals surface area (Å²) in [5, 5.41) is 15.4. The number of anilines is 1. The summed E-state index contributed by atoms with van der Waals surface area (Å²) < 4.78 is 1.77. The van der Waals surface area contributed by atoms with Crippen LogP contribution in [-0.2, 0) is 7.05 Å². The van der Waals surface area contributed by atoms with Crippen molar-refractivity contribution in [3.8, 4) is 0 Å². The van der Waals surface area contributed by atoms with Gasteiger partial charge in [0.1, 0.15) is 0 Å². The number of nitrogens with zero attached hydrogens (tertiary/aromatic N) is 5. The number of tetrazole rings is 1. The van der Waals surface area contributed by atoms with E-state index in [0.717, 1.165) is 25.1 Å². The highest BCUT2D eigenvalue weighted by atomic mass is 15.6. The van der Waals surface area contributed by atoms with E-state index in [4.69, 9.17) is 0 Å². The molecule has 1 aliphatic carbocycles. The maximum Gasteiger partial charge on any atom is 0.245 e. The molecule has 6 heteroatoms. The van der Waals surface area contributed by atoms with Gasteiger partial charge in [-0.3, -0.25) is 0 Å². The lowest BCUT2D eigenvalue weighted by Gasteiger charge is -2.35. The van der Waals surface area contributed by atoms with Crippen molar-refractivity contribution in [3.63, 3.8) is 0 Å². The van der Waals surface area contributed by atoms with Crippen LogP contribution in [0.25, 0.3) is 0 Å². The maximum absolute atomic E-state index is 4.13. The summed E-state index contributed by atoms with van der Waals surface area (Å²) in [5.74, 6) is 0.910. The maximum atomic E-state index is 4.13. The van der Waals surface area contributed by atoms with E-state index >= 15 is 0 Å². The summed E-state index contributed by atoms with van der Waals surface area (Å²) in [6, 6.07) is 1.32. The van der Waals surface area contributed by atoms with Crippen molar-refractivity contribution in [1.82, 2.24) is 25.5 Å². The van der Waals surface area contributed by atoms with E-state index in [1.807, 2.05) is 7.05 Å². The van der Waals surface area contributed by atoms with Gasteiger partial charge in [0.25, 0.3) is 0 Å². The second kappa shape index (κ2) is 4.60. The molecule has 17 heavy (non-hydrogen) atoms. The number of aromatic nitrogens is 4. The zero-order chi connectivity index (χ0) is 11.7. The lowest BCUT2D eigenvalue weighted by atomic mass is 10.0. The van der Waals surface area contributed by atoms with Crippen LogP contribution in [0.2, 0.25) is 0 Å². The lowest BCUT2D eigenvalue weighted by Crippen LogP contribution is -2.47. The molecule has 3 rings (SSSR count). The van der Waals surface area contributed by atoms with Crippen molar-refractivity contribution >= 4 is 5.95 Å². The molecular weight excluding hydrogens is 216 g/mol. The number of rotatable bonds is 4. The molecule has 1 aliphatic heterocycles. The largest absolute Gasteiger partial charge is 0.335 e. The minimum Gasteiger partial charge on any atom is -0.335 e. The molecule has 6 nitrogen and oxygen atoms in total. The van der Waals surface area contributed by atoms with Gasteiger partial charge in [-0.15, -0.1) is 0 Å². The van der Waals surface area contributed by atoms with Gasteiger partial charge in [-0.25, -0.2) is 4.68 Å². The van der Waals surface area contributed by atoms with E-state index in [1.165, 1.54) is 32.1 Å². The van der Waals surface area contributed by atoms with Crippen LogP contribution in [0.5, 0.6) is 0 Å². The van der Waals surface area contributed by atoms with Gasteiger partial charge in [0.05, 0.1) is 0 Å². The minimum absolute atomic E-state index is 0.550. The first kappa shape index (κ1) is 11.0. The summed E-state index contributed by atoms with van der Waals surface area (Å²) in [6.45, 7) is 2.14. The second-order valence-corrected chi connectivity index (χ2v) is 5.13. The summed E-state index contributed by atoms with van der Waals surface area (Å²) in [7, 11) is 1.91. The monoisotopic (exact) mass is 236 g/mol. The van der Waals surface area contributed by atoms with Crippen molar-refractivity contribution in [3.05, 3.63) is 0 Å². The number of aryl methyl sites for hydroxylation is 1. The molecule has 2 aliphatic rings. The van der Waals surface area contributed by atoms with Gasteiger partial charge < -0.3 is 10.2 Å². The molecule has 1 atom stereocenters. The number of nitrogens with one attached hydrogen (secondary N) is 1. The molecule has 94 valence electrons. The number of hydrogen-bond acceptors (Lipinski definition) is 5. The van der Waals surface area contributed by atoms with Gasteiger partial charge in [-0.05, 0) is 42.5 Å². The Morgan fingerprint density at radius 1 is 1.29 bits per heavy atom. The van der Waals surface area contributed by atoms with Crippen LogP contribution in [0, 0.1) is 0 Å². The van der Waals surface area contributed by atoms with Gasteiger partial charge >= 0.3 is 0 Å². The van der Waals surface area contributed by atoms with Crippen molar-refractivity contribution in [2.24, 2.45) is 7.05 Å². The molecule has 2 heterocycles. The Hall–Kier alpha value is -1.17. The first-order chi connectivity index (χ1) is 8.34. The van der Waals surface area contributed by atoms with E-state index in [9.17, 15) is 0 Å². The molecule has 1 saturated heterocycles. The van der Waals surface area contributed by atoms with Crippen LogP contribution in [0.4, 0.5) is 5.95 Å². The van der Waals surface area contributed by atoms with Gasteiger partial charge in [-0.2, -0.15) is 0 Å². The molecule has 1 unspecified atom stereocenters. The molecular formula is C11H20N6. The Labute approximate surface area is 101 Å². The lowest BCUT2D eigenvalue weighted by molar-refractivity contribution is 0.424. The fraction of sp³-hybridized carbons (Fsp3) is 0.909. The van der Waals surface area contributed by atoms with Crippen LogP contribution in [0.1, 0.15) is 32.1 Å². The molecule has 1 saturated carbocycles. The highest BCUT2D eigenvalue weighted by Crippen LogP contribution is 2.23. The predicted octanol–water partition coefficient (Wildman–Crippen LogP) is 0.321. The van der Waals surface area contributed by atoms with Crippen LogP contribution in [-0.4, -0.2) is 45.4 Å². The summed E-state index contributed by atoms with van der Waals surface area (Å²) >= 11 is 0. The van der Waals surface area contributed by atoms with E-state index in [1.54, 1.807) is 4.68 Å². The summed E-state index contributed by atoms with van der Waals surface area (Å²) in [6.07, 6.45) is 6.49. The van der Waals surface area contributed by atoms with Crippen molar-refractivity contribution < 1.29 is 0 Å². The topological polar surface area (TPSA) is 58.9 Å². The predicted molar refractivity (Wildman–Crippen MR) is 64.8 cm³/mol. The first-order valence-electron chi connectivity index (χ1n) is 6.57. The van der Waals surface area contributed by atoms with Crippen LogP contribution >= 0.6 is 0 Å². The molecule has 1 aromatic heterocycles. The SMILES string of the molecule is Cn1nnnc1N1CCCCC1CNC1CC1. The summed E-state index contributed by atoms with van der Waals surface area (Å²) in [4.78, 5) is 2.36. The third kappa shape index (κ3) is 2.41. The Bertz CT molecular complexity index is 372. The quantitative estimate of drug-likeness (QED) is 0.816. The highest BCUT2D eigenvalue weighted by molar-refractivity contribution is 5.31. The summed E-state index contributed by atoms with van der Waals surface area (Å²) in [5.41, 5.74) is 0. The van der Waals surface area contributed by atoms with Crippen LogP contribution in [0.15, 0.2) is 0 Å². The van der Waals surface area contributed by atoms with E-state index in [-0.39, 0.29) is 0 Å². The molecule has 0 radical (unpaired) electrons. The zero-order valence-electron chi connectivity index (χ0n) is 10.3. The van der Waals surface area contributed by atoms with Gasteiger partial charge in [0.2, 0.25) is 5.95 Å². The highest BCUT2D eigenvalue weighted by Gasteiger charge is 2.28. The average molecular weight is 236 g/mol. The van der Waals surface area contributed by atoms with E-state index in [0.29, 0.717) is 6.04 Å². The third-order valence-electron chi connectivity index (χ3n) is 3.70. The van der Waals surface area contributed by atoms with Gasteiger partial charge in [0, 0.05) is 32.2 Å². The molecule has 1 N–H and O–H groups in total. The normalized spacial score (nSPS) is 25.2. The standard InChI is InChI=1S/C11H20N6/c1-16-11(13-14-15-16)17-7-3-2-4-10(17)8-12-9-5-6-9/h9-10,12H,2-8H2,1H3. The molecule has 2 fully saturated rings. The van der Waals surface area contributed by atoms with Crippen molar-refractivity contribution in [1.29, 1.82) is 0 Å². The van der Waals surface area contributed by atoms with Gasteiger partial charge in [0.15, 0.2) is 0 Å². The number of hydrogen-bond donors (Lipinski definition) is 1. The molecule has 0 aromatic carbocycles. The van der Waals surface area contributed by atoms with Crippen LogP contribution in [0.3, 0.4) is 0 Å². The van der Waals surface area contributed by atoms with Crippen LogP contribution < -0.4 is 10.2 Å². The second-order valence-electron chi connectivity index (χ2n) is 5.13. The Morgan fingerprint density at radius 2 is 2.18 bits per heavy atom. The van der Waals surface area contributed by atoms with Gasteiger partial charge in [-0.1, -0.05) is 5.10 Å². The average Bonchev–Trinajstić information content (AvgIpc) is 3.09. The zero-order valence-corrected chi connectivity index (χ0v) is 10.3. The number of piperidine rings is 1. The Kier molecular flexibility index (Phi) is 2.96. The molecule has 1 aromatic rings. The third-order valence-corrected chi connectivity index (χ3v) is 3.70. The fourth-order valence-corrected chi connectivity index (χ4v) is 2.53. The Balaban J connectivity index is 1.68. The molecule has 0 amide bonds.